The van der Waals surface area contributed by atoms with Gasteiger partial charge < -0.3 is 25.6 Å². The maximum Gasteiger partial charge on any atom is 0.253 e. The van der Waals surface area contributed by atoms with Crippen LogP contribution in [0.1, 0.15) is 55.4 Å². The Bertz CT molecular complexity index is 1570. The number of nitrogens with one attached hydrogen (secondary N) is 3. The number of benzene rings is 2. The lowest BCUT2D eigenvalue weighted by Crippen LogP contribution is -2.29. The van der Waals surface area contributed by atoms with Gasteiger partial charge in [0.15, 0.2) is 6.23 Å². The summed E-state index contributed by atoms with van der Waals surface area (Å²) in [5.41, 5.74) is 7.13. The number of fused-ring (bicyclic) bond motifs is 1. The molecule has 0 aliphatic carbocycles. The van der Waals surface area contributed by atoms with Crippen LogP contribution in [0.5, 0.6) is 0 Å². The van der Waals surface area contributed by atoms with Crippen LogP contribution in [0.25, 0.3) is 17.0 Å². The fraction of sp³-hybridized carbons (Fsp3) is 0.294. The summed E-state index contributed by atoms with van der Waals surface area (Å²) in [6.07, 6.45) is 15.3. The van der Waals surface area contributed by atoms with E-state index >= 15 is 0 Å². The van der Waals surface area contributed by atoms with Crippen LogP contribution in [-0.4, -0.2) is 47.3 Å². The van der Waals surface area contributed by atoms with Crippen LogP contribution in [0, 0.1) is 0 Å². The quantitative estimate of drug-likeness (QED) is 0.256. The highest BCUT2D eigenvalue weighted by atomic mass is 16.5. The van der Waals surface area contributed by atoms with Crippen molar-refractivity contribution in [3.05, 3.63) is 108 Å². The van der Waals surface area contributed by atoms with Crippen LogP contribution in [-0.2, 0) is 4.74 Å². The van der Waals surface area contributed by atoms with Gasteiger partial charge in [0.2, 0.25) is 0 Å². The van der Waals surface area contributed by atoms with E-state index in [1.165, 1.54) is 5.57 Å². The highest BCUT2D eigenvalue weighted by Crippen LogP contribution is 2.32. The van der Waals surface area contributed by atoms with E-state index < -0.39 is 0 Å². The van der Waals surface area contributed by atoms with Crippen molar-refractivity contribution in [2.75, 3.05) is 32.1 Å². The third-order valence-electron chi connectivity index (χ3n) is 7.47. The summed E-state index contributed by atoms with van der Waals surface area (Å²) in [4.78, 5) is 15.1. The van der Waals surface area contributed by atoms with Crippen molar-refractivity contribution >= 4 is 34.3 Å². The average Bonchev–Trinajstić information content (AvgIpc) is 3.37. The number of aromatic nitrogens is 2. The molecule has 1 fully saturated rings. The van der Waals surface area contributed by atoms with Crippen molar-refractivity contribution < 1.29 is 9.53 Å². The summed E-state index contributed by atoms with van der Waals surface area (Å²) in [5, 5.41) is 15.9. The number of rotatable bonds is 10. The molecule has 5 rings (SSSR count). The lowest BCUT2D eigenvalue weighted by atomic mass is 10.1. The van der Waals surface area contributed by atoms with Gasteiger partial charge in [0, 0.05) is 42.7 Å². The van der Waals surface area contributed by atoms with Crippen LogP contribution in [0.3, 0.4) is 0 Å². The van der Waals surface area contributed by atoms with E-state index in [1.54, 1.807) is 0 Å². The lowest BCUT2D eigenvalue weighted by molar-refractivity contribution is -0.0367. The molecule has 1 atom stereocenters. The first-order chi connectivity index (χ1) is 20.4. The SMILES string of the molecule is C=C(CNC(=O)c1ccccc1Nc1ccc2c(/C=C/C3=CC(C)=CCN3)nn(C3CCCCO3)c2c1)N(C)/C=C\C. The summed E-state index contributed by atoms with van der Waals surface area (Å²) in [6.45, 7) is 10.0. The number of amides is 1. The van der Waals surface area contributed by atoms with Gasteiger partial charge in [-0.1, -0.05) is 36.4 Å². The molecular formula is C34H40N6O2. The fourth-order valence-corrected chi connectivity index (χ4v) is 5.14. The highest BCUT2D eigenvalue weighted by Gasteiger charge is 2.21. The molecule has 218 valence electrons. The van der Waals surface area contributed by atoms with Gasteiger partial charge in [-0.2, -0.15) is 5.10 Å². The Kier molecular flexibility index (Phi) is 9.24. The number of para-hydroxylation sites is 1. The largest absolute Gasteiger partial charge is 0.382 e. The number of likely N-dealkylation sites (N-methyl/N-ethyl adjacent to an activating group) is 1. The number of ether oxygens (including phenoxy) is 1. The van der Waals surface area contributed by atoms with Gasteiger partial charge in [0.1, 0.15) is 0 Å². The van der Waals surface area contributed by atoms with Gasteiger partial charge in [-0.25, -0.2) is 4.68 Å². The number of anilines is 2. The summed E-state index contributed by atoms with van der Waals surface area (Å²) in [6, 6.07) is 13.7. The van der Waals surface area contributed by atoms with E-state index in [2.05, 4.69) is 65.9 Å². The maximum absolute atomic E-state index is 13.2. The van der Waals surface area contributed by atoms with E-state index in [4.69, 9.17) is 9.84 Å². The van der Waals surface area contributed by atoms with Crippen molar-refractivity contribution in [3.63, 3.8) is 0 Å². The molecule has 2 aliphatic heterocycles. The van der Waals surface area contributed by atoms with Crippen LogP contribution in [0.15, 0.2) is 96.5 Å². The number of nitrogens with zero attached hydrogens (tertiary/aromatic N) is 3. The predicted molar refractivity (Wildman–Crippen MR) is 171 cm³/mol. The molecule has 2 aromatic carbocycles. The van der Waals surface area contributed by atoms with Gasteiger partial charge >= 0.3 is 0 Å². The number of hydrogen-bond acceptors (Lipinski definition) is 6. The molecule has 0 radical (unpaired) electrons. The number of carbonyl (C=O) groups is 1. The number of dihydropyridines is 1. The van der Waals surface area contributed by atoms with Crippen LogP contribution >= 0.6 is 0 Å². The molecule has 1 saturated heterocycles. The lowest BCUT2D eigenvalue weighted by Gasteiger charge is -2.23. The number of carbonyl (C=O) groups excluding carboxylic acids is 1. The molecule has 0 spiro atoms. The highest BCUT2D eigenvalue weighted by molar-refractivity contribution is 6.00. The Hall–Kier alpha value is -4.56. The van der Waals surface area contributed by atoms with Crippen molar-refractivity contribution in [1.29, 1.82) is 0 Å². The third kappa shape index (κ3) is 6.83. The first-order valence-electron chi connectivity index (χ1n) is 14.5. The number of allylic oxidation sites excluding steroid dienone is 4. The van der Waals surface area contributed by atoms with E-state index in [0.29, 0.717) is 12.1 Å². The van der Waals surface area contributed by atoms with Crippen molar-refractivity contribution in [3.8, 4) is 0 Å². The smallest absolute Gasteiger partial charge is 0.253 e. The van der Waals surface area contributed by atoms with Gasteiger partial charge in [0.05, 0.1) is 29.0 Å². The minimum atomic E-state index is -0.169. The molecule has 42 heavy (non-hydrogen) atoms. The fourth-order valence-electron chi connectivity index (χ4n) is 5.14. The Balaban J connectivity index is 1.41. The maximum atomic E-state index is 13.2. The van der Waals surface area contributed by atoms with Gasteiger partial charge in [0.25, 0.3) is 5.91 Å². The second-order valence-corrected chi connectivity index (χ2v) is 10.7. The first-order valence-corrected chi connectivity index (χ1v) is 14.5. The topological polar surface area (TPSA) is 83.5 Å². The van der Waals surface area contributed by atoms with Crippen molar-refractivity contribution in [1.82, 2.24) is 25.3 Å². The molecule has 8 heteroatoms. The average molecular weight is 565 g/mol. The Morgan fingerprint density at radius 2 is 2.10 bits per heavy atom. The third-order valence-corrected chi connectivity index (χ3v) is 7.47. The molecule has 0 bridgehead atoms. The molecule has 2 aliphatic rings. The molecule has 0 saturated carbocycles. The summed E-state index contributed by atoms with van der Waals surface area (Å²) >= 11 is 0. The standard InChI is InChI=1S/C34H40N6O2/c1-5-19-39(4)25(3)23-36-34(41)29-10-6-7-11-30(29)37-27-13-15-28-31(16-14-26-21-24(2)17-18-35-26)38-40(32(28)22-27)33-12-8-9-20-42-33/h5-7,10-11,13-17,19,21-22,33,35,37H,3,8-9,12,18,20,23H2,1-2,4H3,(H,36,41)/b16-14+,19-5-. The molecular weight excluding hydrogens is 524 g/mol. The van der Waals surface area contributed by atoms with Crippen LogP contribution < -0.4 is 16.0 Å². The monoisotopic (exact) mass is 564 g/mol. The van der Waals surface area contributed by atoms with E-state index in [1.807, 2.05) is 66.2 Å². The first kappa shape index (κ1) is 29.0. The van der Waals surface area contributed by atoms with Gasteiger partial charge in [-0.05, 0) is 87.9 Å². The van der Waals surface area contributed by atoms with Gasteiger partial charge in [-0.3, -0.25) is 4.79 Å². The Morgan fingerprint density at radius 1 is 1.24 bits per heavy atom. The van der Waals surface area contributed by atoms with Crippen molar-refractivity contribution in [2.45, 2.75) is 39.3 Å². The minimum absolute atomic E-state index is 0.109. The number of hydrogen-bond donors (Lipinski definition) is 3. The summed E-state index contributed by atoms with van der Waals surface area (Å²) in [5.74, 6) is -0.169. The molecule has 3 heterocycles. The van der Waals surface area contributed by atoms with Gasteiger partial charge in [-0.15, -0.1) is 0 Å². The predicted octanol–water partition coefficient (Wildman–Crippen LogP) is 6.63. The summed E-state index contributed by atoms with van der Waals surface area (Å²) in [7, 11) is 1.91. The normalized spacial score (nSPS) is 17.2. The zero-order valence-corrected chi connectivity index (χ0v) is 24.7. The van der Waals surface area contributed by atoms with Crippen molar-refractivity contribution in [2.24, 2.45) is 0 Å². The van der Waals surface area contributed by atoms with E-state index in [9.17, 15) is 4.79 Å². The molecule has 1 unspecified atom stereocenters. The second kappa shape index (κ2) is 13.4. The molecule has 8 nitrogen and oxygen atoms in total. The molecule has 1 amide bonds. The van der Waals surface area contributed by atoms with E-state index in [-0.39, 0.29) is 12.1 Å². The van der Waals surface area contributed by atoms with Crippen LogP contribution in [0.4, 0.5) is 11.4 Å². The minimum Gasteiger partial charge on any atom is -0.382 e. The molecule has 1 aromatic heterocycles. The van der Waals surface area contributed by atoms with E-state index in [0.717, 1.165) is 71.8 Å². The Morgan fingerprint density at radius 3 is 2.88 bits per heavy atom. The zero-order valence-electron chi connectivity index (χ0n) is 24.7. The summed E-state index contributed by atoms with van der Waals surface area (Å²) < 4.78 is 8.15. The molecule has 3 aromatic rings. The Labute approximate surface area is 248 Å². The zero-order chi connectivity index (χ0) is 29.5. The second-order valence-electron chi connectivity index (χ2n) is 10.7. The van der Waals surface area contributed by atoms with Crippen LogP contribution in [0.2, 0.25) is 0 Å². The molecule has 3 N–H and O–H groups in total.